The van der Waals surface area contributed by atoms with Gasteiger partial charge in [0.15, 0.2) is 11.7 Å². The van der Waals surface area contributed by atoms with Crippen LogP contribution in [0.15, 0.2) is 46.9 Å². The summed E-state index contributed by atoms with van der Waals surface area (Å²) in [6.45, 7) is 1.42. The van der Waals surface area contributed by atoms with E-state index in [9.17, 15) is 19.7 Å². The van der Waals surface area contributed by atoms with Crippen molar-refractivity contribution < 1.29 is 23.7 Å². The van der Waals surface area contributed by atoms with Crippen LogP contribution in [0.1, 0.15) is 11.5 Å². The van der Waals surface area contributed by atoms with Crippen LogP contribution in [0, 0.1) is 17.0 Å². The number of nitrogens with one attached hydrogen (secondary N) is 3. The molecule has 0 spiro atoms. The maximum Gasteiger partial charge on any atom is 0.276 e. The highest BCUT2D eigenvalue weighted by Gasteiger charge is 2.07. The number of hydrogen-bond donors (Lipinski definition) is 3. The summed E-state index contributed by atoms with van der Waals surface area (Å²) in [5.41, 5.74) is 4.51. The normalized spacial score (nSPS) is 10.3. The lowest BCUT2D eigenvalue weighted by Gasteiger charge is -2.10. The van der Waals surface area contributed by atoms with E-state index >= 15 is 0 Å². The first-order valence-electron chi connectivity index (χ1n) is 7.85. The highest BCUT2D eigenvalue weighted by atomic mass is 32.1. The zero-order valence-electron chi connectivity index (χ0n) is 14.6. The fraction of sp³-hybridized carbons (Fsp3) is 0.118. The molecule has 0 aliphatic carbocycles. The van der Waals surface area contributed by atoms with E-state index in [0.29, 0.717) is 5.76 Å². The highest BCUT2D eigenvalue weighted by molar-refractivity contribution is 7.80. The Morgan fingerprint density at radius 3 is 2.54 bits per heavy atom. The van der Waals surface area contributed by atoms with Crippen LogP contribution < -0.4 is 20.9 Å². The number of carbonyl (C=O) groups excluding carboxylic acids is 2. The van der Waals surface area contributed by atoms with Crippen molar-refractivity contribution in [2.45, 2.75) is 6.92 Å². The molecule has 0 saturated carbocycles. The molecule has 1 aromatic carbocycles. The molecular weight excluding hydrogens is 388 g/mol. The average molecular weight is 404 g/mol. The maximum absolute atomic E-state index is 11.7. The molecule has 146 valence electrons. The van der Waals surface area contributed by atoms with Gasteiger partial charge in [-0.3, -0.25) is 35.9 Å². The Labute approximate surface area is 164 Å². The number of non-ortho nitro benzene ring substituents is 1. The molecule has 3 N–H and O–H groups in total. The average Bonchev–Trinajstić information content (AvgIpc) is 3.08. The third kappa shape index (κ3) is 6.88. The number of hydrazine groups is 1. The minimum Gasteiger partial charge on any atom is -0.484 e. The third-order valence-corrected chi connectivity index (χ3v) is 3.33. The molecule has 0 radical (unpaired) electrons. The van der Waals surface area contributed by atoms with Crippen molar-refractivity contribution in [1.82, 2.24) is 16.2 Å². The Kier molecular flexibility index (Phi) is 7.22. The molecule has 2 rings (SSSR count). The predicted octanol–water partition coefficient (Wildman–Crippen LogP) is 1.61. The number of nitro groups is 1. The molecule has 1 aromatic heterocycles. The van der Waals surface area contributed by atoms with E-state index in [2.05, 4.69) is 16.2 Å². The summed E-state index contributed by atoms with van der Waals surface area (Å²) in [6.07, 6.45) is 2.70. The Balaban J connectivity index is 1.68. The first-order chi connectivity index (χ1) is 13.3. The molecule has 0 atom stereocenters. The first kappa shape index (κ1) is 20.6. The van der Waals surface area contributed by atoms with Gasteiger partial charge < -0.3 is 9.15 Å². The Hall–Kier alpha value is -3.73. The van der Waals surface area contributed by atoms with Crippen molar-refractivity contribution in [3.05, 3.63) is 64.1 Å². The lowest BCUT2D eigenvalue weighted by Crippen LogP contribution is -2.49. The van der Waals surface area contributed by atoms with E-state index in [1.807, 2.05) is 0 Å². The number of ether oxygens (including phenoxy) is 1. The number of hydrogen-bond acceptors (Lipinski definition) is 7. The monoisotopic (exact) mass is 404 g/mol. The van der Waals surface area contributed by atoms with Crippen molar-refractivity contribution in [2.24, 2.45) is 0 Å². The van der Waals surface area contributed by atoms with Crippen LogP contribution in [0.25, 0.3) is 6.08 Å². The number of benzene rings is 1. The molecule has 1 heterocycles. The lowest BCUT2D eigenvalue weighted by molar-refractivity contribution is -0.384. The largest absolute Gasteiger partial charge is 0.484 e. The van der Waals surface area contributed by atoms with Crippen LogP contribution in [0.3, 0.4) is 0 Å². The molecule has 10 nitrogen and oxygen atoms in total. The first-order valence-corrected chi connectivity index (χ1v) is 8.26. The number of carbonyl (C=O) groups is 2. The highest BCUT2D eigenvalue weighted by Crippen LogP contribution is 2.17. The maximum atomic E-state index is 11.7. The van der Waals surface area contributed by atoms with E-state index in [0.717, 1.165) is 5.76 Å². The van der Waals surface area contributed by atoms with E-state index in [-0.39, 0.29) is 23.2 Å². The van der Waals surface area contributed by atoms with Crippen molar-refractivity contribution in [1.29, 1.82) is 0 Å². The van der Waals surface area contributed by atoms with Gasteiger partial charge in [-0.15, -0.1) is 0 Å². The summed E-state index contributed by atoms with van der Waals surface area (Å²) in [6, 6.07) is 8.73. The van der Waals surface area contributed by atoms with Crippen molar-refractivity contribution in [2.75, 3.05) is 6.61 Å². The number of nitrogens with zero attached hydrogens (tertiary/aromatic N) is 1. The Morgan fingerprint density at radius 2 is 1.93 bits per heavy atom. The van der Waals surface area contributed by atoms with Crippen LogP contribution in [0.5, 0.6) is 5.75 Å². The number of furan rings is 1. The SMILES string of the molecule is Cc1ccc(/C=C/C(=O)NC(=S)NNC(=O)COc2ccc([N+](=O)[O-])cc2)o1. The zero-order chi connectivity index (χ0) is 20.5. The zero-order valence-corrected chi connectivity index (χ0v) is 15.4. The summed E-state index contributed by atoms with van der Waals surface area (Å²) in [5.74, 6) is 0.438. The summed E-state index contributed by atoms with van der Waals surface area (Å²) in [5, 5.41) is 12.8. The second-order valence-corrected chi connectivity index (χ2v) is 5.72. The molecule has 28 heavy (non-hydrogen) atoms. The second-order valence-electron chi connectivity index (χ2n) is 5.31. The van der Waals surface area contributed by atoms with Crippen LogP contribution in [0.2, 0.25) is 0 Å². The minimum atomic E-state index is -0.573. The Morgan fingerprint density at radius 1 is 1.21 bits per heavy atom. The minimum absolute atomic E-state index is 0.0872. The Bertz CT molecular complexity index is 907. The van der Waals surface area contributed by atoms with Gasteiger partial charge in [-0.1, -0.05) is 0 Å². The predicted molar refractivity (Wildman–Crippen MR) is 103 cm³/mol. The molecule has 0 unspecified atom stereocenters. The van der Waals surface area contributed by atoms with Gasteiger partial charge in [0.25, 0.3) is 11.6 Å². The number of aryl methyl sites for hydroxylation is 1. The number of nitro benzene ring substituents is 1. The molecule has 0 saturated heterocycles. The standard InChI is InChI=1S/C17H16N4O6S/c1-11-2-5-14(27-11)8-9-15(22)18-17(28)20-19-16(23)10-26-13-6-3-12(4-7-13)21(24)25/h2-9H,10H2,1H3,(H,19,23)(H2,18,20,22,28)/b9-8+. The van der Waals surface area contributed by atoms with E-state index in [1.165, 1.54) is 36.4 Å². The van der Waals surface area contributed by atoms with Gasteiger partial charge in [0.1, 0.15) is 17.3 Å². The van der Waals surface area contributed by atoms with Crippen LogP contribution >= 0.6 is 12.2 Å². The van der Waals surface area contributed by atoms with Gasteiger partial charge in [0, 0.05) is 18.2 Å². The topological polar surface area (TPSA) is 136 Å². The van der Waals surface area contributed by atoms with Gasteiger partial charge in [0.05, 0.1) is 4.92 Å². The third-order valence-electron chi connectivity index (χ3n) is 3.13. The molecule has 0 aliphatic heterocycles. The molecule has 0 aliphatic rings. The smallest absolute Gasteiger partial charge is 0.276 e. The summed E-state index contributed by atoms with van der Waals surface area (Å²) in [7, 11) is 0. The summed E-state index contributed by atoms with van der Waals surface area (Å²) in [4.78, 5) is 33.4. The molecular formula is C17H16N4O6S. The van der Waals surface area contributed by atoms with Crippen molar-refractivity contribution in [3.63, 3.8) is 0 Å². The van der Waals surface area contributed by atoms with E-state index in [4.69, 9.17) is 21.4 Å². The van der Waals surface area contributed by atoms with Gasteiger partial charge in [-0.25, -0.2) is 0 Å². The molecule has 2 aromatic rings. The summed E-state index contributed by atoms with van der Waals surface area (Å²) < 4.78 is 10.5. The van der Waals surface area contributed by atoms with Crippen LogP contribution in [-0.2, 0) is 9.59 Å². The van der Waals surface area contributed by atoms with Crippen LogP contribution in [-0.4, -0.2) is 28.5 Å². The number of thiocarbonyl (C=S) groups is 1. The van der Waals surface area contributed by atoms with Crippen molar-refractivity contribution >= 4 is 40.9 Å². The number of rotatable bonds is 6. The number of amides is 2. The second kappa shape index (κ2) is 9.83. The van der Waals surface area contributed by atoms with Crippen molar-refractivity contribution in [3.8, 4) is 5.75 Å². The fourth-order valence-electron chi connectivity index (χ4n) is 1.86. The quantitative estimate of drug-likeness (QED) is 0.286. The van der Waals surface area contributed by atoms with Gasteiger partial charge >= 0.3 is 0 Å². The lowest BCUT2D eigenvalue weighted by atomic mass is 10.3. The van der Waals surface area contributed by atoms with E-state index in [1.54, 1.807) is 19.1 Å². The molecule has 2 amide bonds. The molecule has 0 bridgehead atoms. The fourth-order valence-corrected chi connectivity index (χ4v) is 2.01. The molecule has 0 fully saturated rings. The summed E-state index contributed by atoms with van der Waals surface area (Å²) >= 11 is 4.88. The van der Waals surface area contributed by atoms with Crippen LogP contribution in [0.4, 0.5) is 5.69 Å². The van der Waals surface area contributed by atoms with Gasteiger partial charge in [-0.2, -0.15) is 0 Å². The van der Waals surface area contributed by atoms with E-state index < -0.39 is 16.7 Å². The molecule has 11 heteroatoms. The van der Waals surface area contributed by atoms with Gasteiger partial charge in [0.2, 0.25) is 5.91 Å². The van der Waals surface area contributed by atoms with Gasteiger partial charge in [-0.05, 0) is 49.5 Å².